The van der Waals surface area contributed by atoms with E-state index in [0.29, 0.717) is 11.6 Å². The van der Waals surface area contributed by atoms with Crippen LogP contribution in [-0.4, -0.2) is 11.9 Å². The number of hydrogen-bond acceptors (Lipinski definition) is 4. The summed E-state index contributed by atoms with van der Waals surface area (Å²) in [5.74, 6) is -0.107. The van der Waals surface area contributed by atoms with Crippen LogP contribution in [0.2, 0.25) is 0 Å². The van der Waals surface area contributed by atoms with Gasteiger partial charge in [0, 0.05) is 19.2 Å². The second-order valence-electron chi connectivity index (χ2n) is 3.98. The van der Waals surface area contributed by atoms with Gasteiger partial charge >= 0.3 is 5.97 Å². The van der Waals surface area contributed by atoms with Gasteiger partial charge in [0.2, 0.25) is 5.90 Å². The molecule has 1 aliphatic heterocycles. The van der Waals surface area contributed by atoms with E-state index in [9.17, 15) is 4.79 Å². The molecule has 0 saturated carbocycles. The lowest BCUT2D eigenvalue weighted by atomic mass is 10.2. The topological polar surface area (TPSA) is 38.7 Å². The highest BCUT2D eigenvalue weighted by molar-refractivity contribution is 9.10. The minimum atomic E-state index is -0.430. The molecule has 1 aromatic heterocycles. The molecule has 0 radical (unpaired) electrons. The third-order valence-electron chi connectivity index (χ3n) is 2.59. The maximum absolute atomic E-state index is 11.9. The molecule has 6 heteroatoms. The Kier molecular flexibility index (Phi) is 3.87. The van der Waals surface area contributed by atoms with Gasteiger partial charge in [-0.15, -0.1) is 11.3 Å². The van der Waals surface area contributed by atoms with E-state index in [1.165, 1.54) is 11.3 Å². The van der Waals surface area contributed by atoms with Gasteiger partial charge in [-0.05, 0) is 56.1 Å². The Bertz CT molecular complexity index is 749. The van der Waals surface area contributed by atoms with Gasteiger partial charge in [0.15, 0.2) is 5.70 Å². The first-order chi connectivity index (χ1) is 9.63. The van der Waals surface area contributed by atoms with Gasteiger partial charge in [-0.1, -0.05) is 12.1 Å². The van der Waals surface area contributed by atoms with E-state index < -0.39 is 5.97 Å². The van der Waals surface area contributed by atoms with Crippen molar-refractivity contribution >= 4 is 61.1 Å². The number of ether oxygens (including phenoxy) is 1. The maximum atomic E-state index is 11.9. The molecule has 1 aromatic carbocycles. The lowest BCUT2D eigenvalue weighted by molar-refractivity contribution is -0.129. The molecule has 3 rings (SSSR count). The van der Waals surface area contributed by atoms with Gasteiger partial charge in [-0.3, -0.25) is 0 Å². The molecular weight excluding hydrogens is 406 g/mol. The van der Waals surface area contributed by atoms with Crippen molar-refractivity contribution in [1.29, 1.82) is 0 Å². The van der Waals surface area contributed by atoms with Crippen LogP contribution in [-0.2, 0) is 9.53 Å². The van der Waals surface area contributed by atoms with Crippen molar-refractivity contribution in [2.75, 3.05) is 0 Å². The van der Waals surface area contributed by atoms with Gasteiger partial charge in [-0.2, -0.15) is 0 Å². The molecule has 0 spiro atoms. The van der Waals surface area contributed by atoms with Crippen LogP contribution in [0.25, 0.3) is 6.08 Å². The van der Waals surface area contributed by atoms with Crippen molar-refractivity contribution in [3.05, 3.63) is 60.8 Å². The van der Waals surface area contributed by atoms with Gasteiger partial charge in [0.05, 0.1) is 5.56 Å². The van der Waals surface area contributed by atoms with Crippen LogP contribution in [0.4, 0.5) is 0 Å². The van der Waals surface area contributed by atoms with Crippen molar-refractivity contribution in [2.45, 2.75) is 0 Å². The zero-order chi connectivity index (χ0) is 14.1. The molecule has 2 heterocycles. The number of cyclic esters (lactones) is 1. The molecule has 0 aliphatic carbocycles. The van der Waals surface area contributed by atoms with Crippen molar-refractivity contribution in [1.82, 2.24) is 0 Å². The maximum Gasteiger partial charge on any atom is 0.363 e. The lowest BCUT2D eigenvalue weighted by Gasteiger charge is -2.01. The number of thiophene rings is 1. The molecule has 0 N–H and O–H groups in total. The summed E-state index contributed by atoms with van der Waals surface area (Å²) in [5.41, 5.74) is 1.07. The number of rotatable bonds is 2. The first-order valence-corrected chi connectivity index (χ1v) is 8.11. The Balaban J connectivity index is 1.97. The predicted octanol–water partition coefficient (Wildman–Crippen LogP) is 4.62. The highest BCUT2D eigenvalue weighted by Crippen LogP contribution is 2.26. The summed E-state index contributed by atoms with van der Waals surface area (Å²) in [5, 5.41) is 1.95. The van der Waals surface area contributed by atoms with E-state index in [4.69, 9.17) is 4.74 Å². The number of nitrogens with zero attached hydrogens (tertiary/aromatic N) is 1. The fourth-order valence-corrected chi connectivity index (χ4v) is 3.52. The largest absolute Gasteiger partial charge is 0.402 e. The van der Waals surface area contributed by atoms with Crippen LogP contribution in [0.1, 0.15) is 10.4 Å². The summed E-state index contributed by atoms with van der Waals surface area (Å²) < 4.78 is 7.05. The Morgan fingerprint density at radius 2 is 2.05 bits per heavy atom. The molecule has 0 atom stereocenters. The zero-order valence-electron chi connectivity index (χ0n) is 9.97. The lowest BCUT2D eigenvalue weighted by Crippen LogP contribution is -2.05. The zero-order valence-corrected chi connectivity index (χ0v) is 14.0. The Hall–Kier alpha value is -1.24. The highest BCUT2D eigenvalue weighted by atomic mass is 79.9. The molecule has 0 unspecified atom stereocenters. The molecule has 0 bridgehead atoms. The van der Waals surface area contributed by atoms with E-state index in [-0.39, 0.29) is 0 Å². The number of benzene rings is 1. The molecule has 2 aromatic rings. The quantitative estimate of drug-likeness (QED) is 0.533. The molecule has 0 saturated heterocycles. The summed E-state index contributed by atoms with van der Waals surface area (Å²) >= 11 is 8.33. The summed E-state index contributed by atoms with van der Waals surface area (Å²) in [6.45, 7) is 0. The molecule has 0 amide bonds. The molecule has 100 valence electrons. The number of carbonyl (C=O) groups is 1. The normalized spacial score (nSPS) is 16.4. The van der Waals surface area contributed by atoms with Gasteiger partial charge in [-0.25, -0.2) is 9.79 Å². The van der Waals surface area contributed by atoms with E-state index in [1.807, 2.05) is 35.7 Å². The van der Waals surface area contributed by atoms with Crippen molar-refractivity contribution in [2.24, 2.45) is 4.99 Å². The summed E-state index contributed by atoms with van der Waals surface area (Å²) in [6.07, 6.45) is 1.72. The molecule has 0 fully saturated rings. The van der Waals surface area contributed by atoms with Gasteiger partial charge < -0.3 is 4.74 Å². The predicted molar refractivity (Wildman–Crippen MR) is 86.8 cm³/mol. The number of hydrogen-bond donors (Lipinski definition) is 0. The Morgan fingerprint density at radius 3 is 2.75 bits per heavy atom. The van der Waals surface area contributed by atoms with Crippen molar-refractivity contribution < 1.29 is 9.53 Å². The number of halogens is 2. The Morgan fingerprint density at radius 1 is 1.25 bits per heavy atom. The fourth-order valence-electron chi connectivity index (χ4n) is 1.70. The second-order valence-corrected chi connectivity index (χ2v) is 6.70. The molecular formula is C14H7Br2NO2S. The van der Waals surface area contributed by atoms with Gasteiger partial charge in [0.1, 0.15) is 0 Å². The second kappa shape index (κ2) is 5.63. The Labute approximate surface area is 136 Å². The van der Waals surface area contributed by atoms with Crippen molar-refractivity contribution in [3.8, 4) is 0 Å². The van der Waals surface area contributed by atoms with Crippen LogP contribution in [0, 0.1) is 0 Å². The number of esters is 1. The average molecular weight is 413 g/mol. The van der Waals surface area contributed by atoms with Crippen LogP contribution >= 0.6 is 43.2 Å². The SMILES string of the molecule is O=C1OC(c2ccccc2Br)=N/C1=C\c1cc(Br)cs1. The highest BCUT2D eigenvalue weighted by Gasteiger charge is 2.25. The van der Waals surface area contributed by atoms with Crippen LogP contribution in [0.5, 0.6) is 0 Å². The van der Waals surface area contributed by atoms with Crippen LogP contribution in [0.15, 0.2) is 55.3 Å². The third kappa shape index (κ3) is 2.77. The van der Waals surface area contributed by atoms with E-state index >= 15 is 0 Å². The van der Waals surface area contributed by atoms with E-state index in [0.717, 1.165) is 19.4 Å². The fraction of sp³-hybridized carbons (Fsp3) is 0. The summed E-state index contributed by atoms with van der Waals surface area (Å²) in [6, 6.07) is 9.42. The summed E-state index contributed by atoms with van der Waals surface area (Å²) in [7, 11) is 0. The minimum Gasteiger partial charge on any atom is -0.402 e. The monoisotopic (exact) mass is 411 g/mol. The first-order valence-electron chi connectivity index (χ1n) is 5.65. The molecule has 20 heavy (non-hydrogen) atoms. The minimum absolute atomic E-state index is 0.310. The first kappa shape index (κ1) is 13.7. The van der Waals surface area contributed by atoms with Crippen LogP contribution < -0.4 is 0 Å². The number of carbonyl (C=O) groups excluding carboxylic acids is 1. The standard InChI is InChI=1S/C14H7Br2NO2S/c15-8-5-9(20-7-8)6-12-14(18)19-13(17-12)10-3-1-2-4-11(10)16/h1-7H/b12-6-. The smallest absolute Gasteiger partial charge is 0.363 e. The van der Waals surface area contributed by atoms with Crippen LogP contribution in [0.3, 0.4) is 0 Å². The summed E-state index contributed by atoms with van der Waals surface area (Å²) in [4.78, 5) is 17.1. The van der Waals surface area contributed by atoms with Crippen molar-refractivity contribution in [3.63, 3.8) is 0 Å². The third-order valence-corrected chi connectivity index (χ3v) is 4.92. The molecule has 1 aliphatic rings. The van der Waals surface area contributed by atoms with E-state index in [1.54, 1.807) is 6.08 Å². The average Bonchev–Trinajstić information content (AvgIpc) is 2.98. The van der Waals surface area contributed by atoms with E-state index in [2.05, 4.69) is 36.9 Å². The number of aliphatic imine (C=N–C) groups is 1. The molecule has 3 nitrogen and oxygen atoms in total. The van der Waals surface area contributed by atoms with Gasteiger partial charge in [0.25, 0.3) is 0 Å².